The number of aryl methyl sites for hydroxylation is 1. The second-order valence-electron chi connectivity index (χ2n) is 6.62. The van der Waals surface area contributed by atoms with Crippen LogP contribution >= 0.6 is 11.6 Å². The Morgan fingerprint density at radius 1 is 1.18 bits per heavy atom. The molecule has 0 spiro atoms. The first-order valence-corrected chi connectivity index (χ1v) is 10.8. The summed E-state index contributed by atoms with van der Waals surface area (Å²) in [5, 5.41) is 3.95. The van der Waals surface area contributed by atoms with Crippen molar-refractivity contribution in [3.63, 3.8) is 0 Å². The fraction of sp³-hybridized carbons (Fsp3) is 0.316. The van der Waals surface area contributed by atoms with Gasteiger partial charge in [-0.15, -0.1) is 11.6 Å². The lowest BCUT2D eigenvalue weighted by Gasteiger charge is -2.18. The maximum absolute atomic E-state index is 12.8. The molecule has 3 aromatic rings. The summed E-state index contributed by atoms with van der Waals surface area (Å²) in [5.41, 5.74) is 1.67. The highest BCUT2D eigenvalue weighted by atomic mass is 35.5. The van der Waals surface area contributed by atoms with Crippen LogP contribution in [-0.2, 0) is 16.4 Å². The van der Waals surface area contributed by atoms with E-state index >= 15 is 0 Å². The van der Waals surface area contributed by atoms with Crippen molar-refractivity contribution >= 4 is 21.6 Å². The van der Waals surface area contributed by atoms with Gasteiger partial charge in [0.2, 0.25) is 21.7 Å². The molecular weight excluding hydrogens is 400 g/mol. The number of aromatic nitrogens is 3. The van der Waals surface area contributed by atoms with Crippen molar-refractivity contribution in [2.45, 2.75) is 31.2 Å². The molecule has 1 aromatic carbocycles. The predicted octanol–water partition coefficient (Wildman–Crippen LogP) is 3.59. The first kappa shape index (κ1) is 20.4. The van der Waals surface area contributed by atoms with Crippen LogP contribution in [0.15, 0.2) is 58.2 Å². The van der Waals surface area contributed by atoms with Gasteiger partial charge in [-0.1, -0.05) is 31.1 Å². The standard InChI is InChI=1S/C19H21ClN4O3S/c1-13(2)17(19-22-18(23-27-19)15-4-3-11-21-12-15)24-28(25,26)16-7-5-14(6-8-16)9-10-20/h3-8,11-13,17,24H,9-10H2,1-2H3/t17-/m1/s1. The molecule has 2 aromatic heterocycles. The van der Waals surface area contributed by atoms with Crippen LogP contribution in [0, 0.1) is 5.92 Å². The molecule has 0 saturated carbocycles. The van der Waals surface area contributed by atoms with E-state index in [9.17, 15) is 8.42 Å². The third-order valence-corrected chi connectivity index (χ3v) is 5.84. The van der Waals surface area contributed by atoms with Crippen LogP contribution in [0.25, 0.3) is 11.4 Å². The van der Waals surface area contributed by atoms with Crippen molar-refractivity contribution in [3.8, 4) is 11.4 Å². The summed E-state index contributed by atoms with van der Waals surface area (Å²) in [6.45, 7) is 3.76. The molecule has 0 aliphatic rings. The van der Waals surface area contributed by atoms with E-state index in [4.69, 9.17) is 16.1 Å². The molecule has 9 heteroatoms. The number of halogens is 1. The van der Waals surface area contributed by atoms with Gasteiger partial charge in [-0.3, -0.25) is 4.98 Å². The van der Waals surface area contributed by atoms with E-state index in [-0.39, 0.29) is 16.7 Å². The number of pyridine rings is 1. The SMILES string of the molecule is CC(C)[C@@H](NS(=O)(=O)c1ccc(CCCl)cc1)c1nc(-c2cccnc2)no1. The number of hydrogen-bond acceptors (Lipinski definition) is 6. The first-order chi connectivity index (χ1) is 13.4. The molecule has 28 heavy (non-hydrogen) atoms. The molecule has 0 radical (unpaired) electrons. The van der Waals surface area contributed by atoms with Gasteiger partial charge in [0.05, 0.1) is 4.90 Å². The predicted molar refractivity (Wildman–Crippen MR) is 106 cm³/mol. The average Bonchev–Trinajstić information content (AvgIpc) is 3.17. The van der Waals surface area contributed by atoms with E-state index in [1.165, 1.54) is 0 Å². The smallest absolute Gasteiger partial charge is 0.245 e. The van der Waals surface area contributed by atoms with E-state index in [0.717, 1.165) is 5.56 Å². The van der Waals surface area contributed by atoms with Gasteiger partial charge in [0, 0.05) is 23.8 Å². The Labute approximate surface area is 169 Å². The first-order valence-electron chi connectivity index (χ1n) is 8.82. The topological polar surface area (TPSA) is 98.0 Å². The average molecular weight is 421 g/mol. The van der Waals surface area contributed by atoms with Crippen LogP contribution in [0.3, 0.4) is 0 Å². The van der Waals surface area contributed by atoms with Crippen LogP contribution < -0.4 is 4.72 Å². The second-order valence-corrected chi connectivity index (χ2v) is 8.72. The molecular formula is C19H21ClN4O3S. The minimum absolute atomic E-state index is 0.104. The van der Waals surface area contributed by atoms with Crippen molar-refractivity contribution < 1.29 is 12.9 Å². The van der Waals surface area contributed by atoms with Crippen molar-refractivity contribution in [2.24, 2.45) is 5.92 Å². The number of hydrogen-bond donors (Lipinski definition) is 1. The monoisotopic (exact) mass is 420 g/mol. The Morgan fingerprint density at radius 2 is 1.93 bits per heavy atom. The lowest BCUT2D eigenvalue weighted by atomic mass is 10.1. The van der Waals surface area contributed by atoms with Gasteiger partial charge in [0.25, 0.3) is 0 Å². The minimum Gasteiger partial charge on any atom is -0.337 e. The third kappa shape index (κ3) is 4.76. The zero-order valence-electron chi connectivity index (χ0n) is 15.5. The Bertz CT molecular complexity index is 1010. The number of nitrogens with zero attached hydrogens (tertiary/aromatic N) is 3. The Hall–Kier alpha value is -2.29. The normalized spacial score (nSPS) is 13.0. The third-order valence-electron chi connectivity index (χ3n) is 4.19. The van der Waals surface area contributed by atoms with E-state index in [1.54, 1.807) is 48.8 Å². The highest BCUT2D eigenvalue weighted by Crippen LogP contribution is 2.25. The molecule has 0 saturated heterocycles. The highest BCUT2D eigenvalue weighted by molar-refractivity contribution is 7.89. The summed E-state index contributed by atoms with van der Waals surface area (Å²) in [6, 6.07) is 9.56. The number of rotatable bonds is 8. The molecule has 148 valence electrons. The zero-order valence-corrected chi connectivity index (χ0v) is 17.1. The van der Waals surface area contributed by atoms with E-state index < -0.39 is 16.1 Å². The van der Waals surface area contributed by atoms with Crippen LogP contribution in [0.1, 0.15) is 31.3 Å². The van der Waals surface area contributed by atoms with Crippen LogP contribution in [0.4, 0.5) is 0 Å². The summed E-state index contributed by atoms with van der Waals surface area (Å²) < 4.78 is 33.7. The molecule has 0 aliphatic heterocycles. The number of nitrogens with one attached hydrogen (secondary N) is 1. The van der Waals surface area contributed by atoms with Crippen molar-refractivity contribution in [3.05, 3.63) is 60.2 Å². The molecule has 0 aliphatic carbocycles. The van der Waals surface area contributed by atoms with Crippen LogP contribution in [-0.4, -0.2) is 29.4 Å². The molecule has 0 amide bonds. The van der Waals surface area contributed by atoms with Crippen LogP contribution in [0.5, 0.6) is 0 Å². The van der Waals surface area contributed by atoms with E-state index in [1.807, 2.05) is 13.8 Å². The Morgan fingerprint density at radius 3 is 2.54 bits per heavy atom. The van der Waals surface area contributed by atoms with Gasteiger partial charge in [-0.25, -0.2) is 8.42 Å². The molecule has 0 bridgehead atoms. The van der Waals surface area contributed by atoms with Crippen molar-refractivity contribution in [1.29, 1.82) is 0 Å². The van der Waals surface area contributed by atoms with E-state index in [0.29, 0.717) is 23.7 Å². The largest absolute Gasteiger partial charge is 0.337 e. The number of benzene rings is 1. The van der Waals surface area contributed by atoms with Gasteiger partial charge < -0.3 is 4.52 Å². The molecule has 0 fully saturated rings. The maximum Gasteiger partial charge on any atom is 0.245 e. The fourth-order valence-corrected chi connectivity index (χ4v) is 4.18. The number of sulfonamides is 1. The molecule has 3 rings (SSSR count). The summed E-state index contributed by atoms with van der Waals surface area (Å²) in [7, 11) is -3.76. The summed E-state index contributed by atoms with van der Waals surface area (Å²) in [4.78, 5) is 8.56. The van der Waals surface area contributed by atoms with E-state index in [2.05, 4.69) is 19.8 Å². The Balaban J connectivity index is 1.84. The highest BCUT2D eigenvalue weighted by Gasteiger charge is 2.28. The van der Waals surface area contributed by atoms with Gasteiger partial charge >= 0.3 is 0 Å². The number of alkyl halides is 1. The molecule has 2 heterocycles. The van der Waals surface area contributed by atoms with Gasteiger partial charge in [0.1, 0.15) is 6.04 Å². The molecule has 1 atom stereocenters. The van der Waals surface area contributed by atoms with Crippen LogP contribution in [0.2, 0.25) is 0 Å². The minimum atomic E-state index is -3.76. The fourth-order valence-electron chi connectivity index (χ4n) is 2.63. The quantitative estimate of drug-likeness (QED) is 0.559. The molecule has 0 unspecified atom stereocenters. The lowest BCUT2D eigenvalue weighted by molar-refractivity contribution is 0.311. The Kier molecular flexibility index (Phi) is 6.43. The maximum atomic E-state index is 12.8. The summed E-state index contributed by atoms with van der Waals surface area (Å²) in [5.74, 6) is 0.943. The van der Waals surface area contributed by atoms with Gasteiger partial charge in [-0.2, -0.15) is 9.71 Å². The van der Waals surface area contributed by atoms with Crippen molar-refractivity contribution in [1.82, 2.24) is 19.8 Å². The lowest BCUT2D eigenvalue weighted by Crippen LogP contribution is -2.32. The summed E-state index contributed by atoms with van der Waals surface area (Å²) >= 11 is 5.73. The van der Waals surface area contributed by atoms with Gasteiger partial charge in [0.15, 0.2) is 0 Å². The second kappa shape index (κ2) is 8.81. The zero-order chi connectivity index (χ0) is 20.1. The molecule has 7 nitrogen and oxygen atoms in total. The van der Waals surface area contributed by atoms with Gasteiger partial charge in [-0.05, 0) is 42.2 Å². The summed E-state index contributed by atoms with van der Waals surface area (Å²) in [6.07, 6.45) is 3.95. The molecule has 1 N–H and O–H groups in total. The van der Waals surface area contributed by atoms with Crippen molar-refractivity contribution in [2.75, 3.05) is 5.88 Å².